The lowest BCUT2D eigenvalue weighted by Gasteiger charge is -2.49. The number of amides is 2. The van der Waals surface area contributed by atoms with E-state index < -0.39 is 33.5 Å². The maximum Gasteiger partial charge on any atom is 0.416 e. The molecule has 3 aromatic carbocycles. The highest BCUT2D eigenvalue weighted by molar-refractivity contribution is 7.91. The number of halogens is 3. The molecular formula is C29H29F3N2O4S. The van der Waals surface area contributed by atoms with Gasteiger partial charge in [0.2, 0.25) is 5.91 Å². The quantitative estimate of drug-likeness (QED) is 0.355. The summed E-state index contributed by atoms with van der Waals surface area (Å²) in [5.41, 5.74) is 1.19. The van der Waals surface area contributed by atoms with Gasteiger partial charge in [0.15, 0.2) is 9.84 Å². The molecule has 0 bridgehead atoms. The molecule has 3 aromatic rings. The molecule has 1 aliphatic heterocycles. The average molecular weight is 559 g/mol. The first-order chi connectivity index (χ1) is 18.3. The van der Waals surface area contributed by atoms with Crippen molar-refractivity contribution in [3.8, 4) is 0 Å². The number of carbonyl (C=O) groups is 2. The second kappa shape index (κ2) is 10.8. The van der Waals surface area contributed by atoms with Crippen molar-refractivity contribution in [1.82, 2.24) is 5.32 Å². The lowest BCUT2D eigenvalue weighted by atomic mass is 9.75. The third-order valence-corrected chi connectivity index (χ3v) is 8.69. The van der Waals surface area contributed by atoms with Crippen LogP contribution in [0.15, 0.2) is 77.7 Å². The van der Waals surface area contributed by atoms with Gasteiger partial charge in [0, 0.05) is 17.8 Å². The van der Waals surface area contributed by atoms with E-state index in [1.165, 1.54) is 23.1 Å². The van der Waals surface area contributed by atoms with Crippen LogP contribution in [0, 0.1) is 11.8 Å². The van der Waals surface area contributed by atoms with Crippen LogP contribution in [0.5, 0.6) is 0 Å². The third-order valence-electron chi connectivity index (χ3n) is 6.94. The molecule has 1 saturated heterocycles. The van der Waals surface area contributed by atoms with E-state index >= 15 is 0 Å². The molecule has 0 saturated carbocycles. The molecule has 6 nitrogen and oxygen atoms in total. The lowest BCUT2D eigenvalue weighted by molar-refractivity contribution is -0.137. The zero-order valence-corrected chi connectivity index (χ0v) is 22.5. The van der Waals surface area contributed by atoms with Crippen molar-refractivity contribution in [2.75, 3.05) is 10.7 Å². The van der Waals surface area contributed by atoms with Gasteiger partial charge in [0.25, 0.3) is 5.91 Å². The molecule has 0 aromatic heterocycles. The van der Waals surface area contributed by atoms with Crippen molar-refractivity contribution in [2.24, 2.45) is 11.8 Å². The Labute approximate surface area is 225 Å². The minimum absolute atomic E-state index is 0.000913. The minimum Gasteiger partial charge on any atom is -0.348 e. The monoisotopic (exact) mass is 558 g/mol. The van der Waals surface area contributed by atoms with Gasteiger partial charge < -0.3 is 10.2 Å². The van der Waals surface area contributed by atoms with E-state index in [0.717, 1.165) is 17.7 Å². The van der Waals surface area contributed by atoms with E-state index in [1.54, 1.807) is 49.4 Å². The van der Waals surface area contributed by atoms with Crippen LogP contribution >= 0.6 is 0 Å². The van der Waals surface area contributed by atoms with Crippen LogP contribution in [-0.2, 0) is 27.4 Å². The summed E-state index contributed by atoms with van der Waals surface area (Å²) >= 11 is 0. The predicted molar refractivity (Wildman–Crippen MR) is 142 cm³/mol. The zero-order chi connectivity index (χ0) is 28.5. The summed E-state index contributed by atoms with van der Waals surface area (Å²) in [7, 11) is -3.31. The molecule has 39 heavy (non-hydrogen) atoms. The topological polar surface area (TPSA) is 83.6 Å². The van der Waals surface area contributed by atoms with Gasteiger partial charge in [-0.15, -0.1) is 0 Å². The number of nitrogens with zero attached hydrogens (tertiary/aromatic N) is 1. The summed E-state index contributed by atoms with van der Waals surface area (Å²) in [5, 5.41) is 2.77. The second-order valence-electron chi connectivity index (χ2n) is 9.82. The van der Waals surface area contributed by atoms with Crippen molar-refractivity contribution >= 4 is 27.3 Å². The normalized spacial score (nSPS) is 17.7. The summed E-state index contributed by atoms with van der Waals surface area (Å²) in [6, 6.07) is 17.1. The first kappa shape index (κ1) is 28.4. The molecule has 1 heterocycles. The Hall–Kier alpha value is -3.66. The Morgan fingerprint density at radius 3 is 2.21 bits per heavy atom. The van der Waals surface area contributed by atoms with Crippen LogP contribution in [0.3, 0.4) is 0 Å². The number of hydrogen-bond acceptors (Lipinski definition) is 4. The molecule has 0 radical (unpaired) electrons. The lowest BCUT2D eigenvalue weighted by Crippen LogP contribution is -2.57. The minimum atomic E-state index is -4.49. The van der Waals surface area contributed by atoms with E-state index in [9.17, 15) is 31.2 Å². The maximum absolute atomic E-state index is 13.3. The van der Waals surface area contributed by atoms with Crippen molar-refractivity contribution in [2.45, 2.75) is 44.4 Å². The molecule has 10 heteroatoms. The fourth-order valence-corrected chi connectivity index (χ4v) is 5.63. The van der Waals surface area contributed by atoms with Crippen molar-refractivity contribution in [3.05, 3.63) is 95.1 Å². The van der Waals surface area contributed by atoms with Gasteiger partial charge in [-0.25, -0.2) is 8.42 Å². The Morgan fingerprint density at radius 1 is 1.00 bits per heavy atom. The summed E-state index contributed by atoms with van der Waals surface area (Å²) in [6.07, 6.45) is -4.49. The molecule has 1 N–H and O–H groups in total. The number of hydrogen-bond donors (Lipinski definition) is 1. The zero-order valence-electron chi connectivity index (χ0n) is 21.7. The fraction of sp³-hybridized carbons (Fsp3) is 0.310. The van der Waals surface area contributed by atoms with E-state index in [4.69, 9.17) is 0 Å². The highest BCUT2D eigenvalue weighted by Gasteiger charge is 2.50. The van der Waals surface area contributed by atoms with E-state index in [0.29, 0.717) is 16.8 Å². The summed E-state index contributed by atoms with van der Waals surface area (Å²) < 4.78 is 63.9. The number of benzene rings is 3. The molecule has 2 atom stereocenters. The molecule has 0 spiro atoms. The van der Waals surface area contributed by atoms with Crippen molar-refractivity contribution in [1.29, 1.82) is 0 Å². The van der Waals surface area contributed by atoms with Crippen molar-refractivity contribution < 1.29 is 31.2 Å². The SMILES string of the molecule is CCS(=O)(=O)c1ccc(CNC(=O)c2ccc(N3C(=O)[C@H](C(C)C)[C@H]3c3cccc(C(F)(F)F)c3)cc2)cc1. The predicted octanol–water partition coefficient (Wildman–Crippen LogP) is 5.79. The van der Waals surface area contributed by atoms with E-state index in [-0.39, 0.29) is 34.9 Å². The van der Waals surface area contributed by atoms with Gasteiger partial charge in [-0.3, -0.25) is 9.59 Å². The van der Waals surface area contributed by atoms with Gasteiger partial charge in [0.05, 0.1) is 28.2 Å². The molecule has 4 rings (SSSR count). The number of rotatable bonds is 8. The molecule has 206 valence electrons. The Balaban J connectivity index is 1.49. The fourth-order valence-electron chi connectivity index (χ4n) is 4.74. The number of nitrogens with one attached hydrogen (secondary N) is 1. The van der Waals surface area contributed by atoms with Gasteiger partial charge in [-0.05, 0) is 65.6 Å². The highest BCUT2D eigenvalue weighted by Crippen LogP contribution is 2.47. The van der Waals surface area contributed by atoms with E-state index in [1.807, 2.05) is 13.8 Å². The number of sulfone groups is 1. The van der Waals surface area contributed by atoms with Crippen molar-refractivity contribution in [3.63, 3.8) is 0 Å². The highest BCUT2D eigenvalue weighted by atomic mass is 32.2. The molecule has 1 aliphatic rings. The Morgan fingerprint density at radius 2 is 1.64 bits per heavy atom. The van der Waals surface area contributed by atoms with Crippen LogP contribution in [0.2, 0.25) is 0 Å². The van der Waals surface area contributed by atoms with Gasteiger partial charge in [0.1, 0.15) is 0 Å². The third kappa shape index (κ3) is 5.85. The smallest absolute Gasteiger partial charge is 0.348 e. The van der Waals surface area contributed by atoms with Gasteiger partial charge >= 0.3 is 6.18 Å². The molecule has 0 unspecified atom stereocenters. The van der Waals surface area contributed by atoms with Gasteiger partial charge in [-0.1, -0.05) is 45.0 Å². The van der Waals surface area contributed by atoms with Gasteiger partial charge in [-0.2, -0.15) is 13.2 Å². The molecular weight excluding hydrogens is 529 g/mol. The maximum atomic E-state index is 13.3. The number of β-lactam (4-membered cyclic amide) rings is 1. The first-order valence-corrected chi connectivity index (χ1v) is 14.2. The van der Waals surface area contributed by atoms with Crippen LogP contribution in [0.1, 0.15) is 53.9 Å². The molecule has 2 amide bonds. The van der Waals surface area contributed by atoms with E-state index in [2.05, 4.69) is 5.32 Å². The average Bonchev–Trinajstić information content (AvgIpc) is 2.90. The summed E-state index contributed by atoms with van der Waals surface area (Å²) in [6.45, 7) is 5.49. The Kier molecular flexibility index (Phi) is 7.88. The number of anilines is 1. The van der Waals surface area contributed by atoms with Crippen LogP contribution in [0.4, 0.5) is 18.9 Å². The standard InChI is InChI=1S/C29H29F3N2O4S/c1-4-39(37,38)24-14-8-19(9-15-24)17-33-27(35)20-10-12-23(13-11-20)34-26(25(18(2)3)28(34)36)21-6-5-7-22(16-21)29(30,31)32/h5-16,18,25-26H,4,17H2,1-3H3,(H,33,35)/t25-,26-/m1/s1. The number of carbonyl (C=O) groups excluding carboxylic acids is 2. The number of alkyl halides is 3. The second-order valence-corrected chi connectivity index (χ2v) is 12.1. The van der Waals surface area contributed by atoms with Crippen LogP contribution < -0.4 is 10.2 Å². The van der Waals surface area contributed by atoms with Crippen LogP contribution in [0.25, 0.3) is 0 Å². The molecule has 1 fully saturated rings. The summed E-state index contributed by atoms with van der Waals surface area (Å²) in [5.74, 6) is -1.08. The largest absolute Gasteiger partial charge is 0.416 e. The van der Waals surface area contributed by atoms with Crippen LogP contribution in [-0.4, -0.2) is 26.0 Å². The first-order valence-electron chi connectivity index (χ1n) is 12.5. The molecule has 0 aliphatic carbocycles. The summed E-state index contributed by atoms with van der Waals surface area (Å²) in [4.78, 5) is 27.4. The Bertz CT molecular complexity index is 1470.